The first kappa shape index (κ1) is 13.0. The van der Waals surface area contributed by atoms with Gasteiger partial charge in [-0.25, -0.2) is 0 Å². The van der Waals surface area contributed by atoms with Gasteiger partial charge < -0.3 is 15.0 Å². The molecule has 4 heteroatoms. The lowest BCUT2D eigenvalue weighted by Crippen LogP contribution is -2.26. The zero-order valence-corrected chi connectivity index (χ0v) is 12.0. The van der Waals surface area contributed by atoms with Crippen molar-refractivity contribution in [1.29, 1.82) is 0 Å². The normalized spacial score (nSPS) is 13.3. The van der Waals surface area contributed by atoms with E-state index in [9.17, 15) is 9.90 Å². The van der Waals surface area contributed by atoms with Gasteiger partial charge in [-0.15, -0.1) is 0 Å². The molecule has 0 spiro atoms. The van der Waals surface area contributed by atoms with Crippen molar-refractivity contribution in [1.82, 2.24) is 4.57 Å². The van der Waals surface area contributed by atoms with Crippen molar-refractivity contribution >= 4 is 22.3 Å². The van der Waals surface area contributed by atoms with Crippen LogP contribution in [-0.4, -0.2) is 9.67 Å². The number of hydrogen-bond acceptors (Lipinski definition) is 3. The maximum absolute atomic E-state index is 12.8. The van der Waals surface area contributed by atoms with Gasteiger partial charge in [0.2, 0.25) is 0 Å². The van der Waals surface area contributed by atoms with Crippen LogP contribution in [0.15, 0.2) is 53.3 Å². The quantitative estimate of drug-likeness (QED) is 0.761. The first-order valence-corrected chi connectivity index (χ1v) is 7.45. The molecule has 0 bridgehead atoms. The smallest absolute Gasteiger partial charge is 0.278 e. The van der Waals surface area contributed by atoms with Gasteiger partial charge in [0.05, 0.1) is 5.52 Å². The molecular formula is C18H16N2O2. The first-order valence-electron chi connectivity index (χ1n) is 7.45. The van der Waals surface area contributed by atoms with E-state index in [0.29, 0.717) is 6.54 Å². The van der Waals surface area contributed by atoms with E-state index in [2.05, 4.69) is 5.32 Å². The lowest BCUT2D eigenvalue weighted by atomic mass is 10.0. The number of para-hydroxylation sites is 2. The lowest BCUT2D eigenvalue weighted by Gasteiger charge is -2.21. The van der Waals surface area contributed by atoms with Gasteiger partial charge in [-0.3, -0.25) is 4.79 Å². The summed E-state index contributed by atoms with van der Waals surface area (Å²) < 4.78 is 1.78. The monoisotopic (exact) mass is 292 g/mol. The highest BCUT2D eigenvalue weighted by Crippen LogP contribution is 2.34. The topological polar surface area (TPSA) is 54.3 Å². The second-order valence-corrected chi connectivity index (χ2v) is 5.59. The van der Waals surface area contributed by atoms with Crippen LogP contribution in [0.4, 0.5) is 11.4 Å². The Kier molecular flexibility index (Phi) is 2.89. The van der Waals surface area contributed by atoms with Crippen molar-refractivity contribution in [3.05, 3.63) is 64.4 Å². The molecule has 0 radical (unpaired) electrons. The van der Waals surface area contributed by atoms with Gasteiger partial charge in [-0.2, -0.15) is 0 Å². The molecule has 0 amide bonds. The Labute approximate surface area is 127 Å². The zero-order chi connectivity index (χ0) is 15.1. The number of aryl methyl sites for hydroxylation is 2. The number of nitrogens with one attached hydrogen (secondary N) is 1. The Morgan fingerprint density at radius 2 is 1.86 bits per heavy atom. The number of anilines is 2. The third kappa shape index (κ3) is 1.88. The van der Waals surface area contributed by atoms with Crippen molar-refractivity contribution in [2.75, 3.05) is 5.32 Å². The van der Waals surface area contributed by atoms with E-state index in [4.69, 9.17) is 0 Å². The second-order valence-electron chi connectivity index (χ2n) is 5.59. The van der Waals surface area contributed by atoms with Crippen LogP contribution in [0.1, 0.15) is 12.0 Å². The van der Waals surface area contributed by atoms with Crippen molar-refractivity contribution < 1.29 is 5.11 Å². The van der Waals surface area contributed by atoms with E-state index in [1.807, 2.05) is 48.5 Å². The van der Waals surface area contributed by atoms with Crippen LogP contribution in [-0.2, 0) is 13.0 Å². The highest BCUT2D eigenvalue weighted by Gasteiger charge is 2.20. The van der Waals surface area contributed by atoms with E-state index in [0.717, 1.165) is 35.0 Å². The Morgan fingerprint density at radius 1 is 1.05 bits per heavy atom. The Balaban J connectivity index is 1.99. The lowest BCUT2D eigenvalue weighted by molar-refractivity contribution is 0.480. The molecule has 1 aliphatic rings. The summed E-state index contributed by atoms with van der Waals surface area (Å²) in [5.74, 6) is 0.0313. The van der Waals surface area contributed by atoms with Gasteiger partial charge in [0.15, 0.2) is 5.75 Å². The average Bonchev–Trinajstić information content (AvgIpc) is 2.57. The molecule has 2 aromatic carbocycles. The van der Waals surface area contributed by atoms with E-state index < -0.39 is 0 Å². The Morgan fingerprint density at radius 3 is 2.68 bits per heavy atom. The number of rotatable bonds is 2. The molecule has 3 aromatic rings. The largest absolute Gasteiger partial charge is 0.505 e. The minimum absolute atomic E-state index is 0.0313. The number of benzene rings is 2. The summed E-state index contributed by atoms with van der Waals surface area (Å²) in [7, 11) is 0. The van der Waals surface area contributed by atoms with Crippen LogP contribution in [0.2, 0.25) is 0 Å². The summed E-state index contributed by atoms with van der Waals surface area (Å²) >= 11 is 0. The fourth-order valence-corrected chi connectivity index (χ4v) is 3.19. The van der Waals surface area contributed by atoms with Crippen LogP contribution in [0.5, 0.6) is 5.75 Å². The number of pyridine rings is 1. The van der Waals surface area contributed by atoms with Gasteiger partial charge in [0, 0.05) is 17.6 Å². The van der Waals surface area contributed by atoms with Crippen LogP contribution in [0, 0.1) is 0 Å². The van der Waals surface area contributed by atoms with Crippen LogP contribution in [0.3, 0.4) is 0 Å². The fourth-order valence-electron chi connectivity index (χ4n) is 3.19. The Bertz CT molecular complexity index is 914. The molecular weight excluding hydrogens is 276 g/mol. The summed E-state index contributed by atoms with van der Waals surface area (Å²) in [5, 5.41) is 14.4. The van der Waals surface area contributed by atoms with Gasteiger partial charge >= 0.3 is 0 Å². The molecule has 0 aliphatic carbocycles. The van der Waals surface area contributed by atoms with Crippen molar-refractivity contribution in [2.45, 2.75) is 19.4 Å². The molecule has 4 nitrogen and oxygen atoms in total. The predicted octanol–water partition coefficient (Wildman–Crippen LogP) is 3.40. The van der Waals surface area contributed by atoms with Crippen LogP contribution < -0.4 is 10.9 Å². The number of aromatic nitrogens is 1. The minimum atomic E-state index is -0.166. The zero-order valence-electron chi connectivity index (χ0n) is 12.0. The maximum atomic E-state index is 12.8. The van der Waals surface area contributed by atoms with Crippen molar-refractivity contribution in [3.63, 3.8) is 0 Å². The molecule has 2 heterocycles. The highest BCUT2D eigenvalue weighted by atomic mass is 16.3. The van der Waals surface area contributed by atoms with Crippen molar-refractivity contribution in [3.8, 4) is 5.75 Å². The summed E-state index contributed by atoms with van der Waals surface area (Å²) in [6.07, 6.45) is 1.89. The SMILES string of the molecule is O=c1c(Nc2ccccc2)c(O)c2cccc3c2n1CCC3. The summed E-state index contributed by atoms with van der Waals surface area (Å²) in [6.45, 7) is 0.691. The molecule has 0 fully saturated rings. The van der Waals surface area contributed by atoms with E-state index in [1.54, 1.807) is 4.57 Å². The second kappa shape index (κ2) is 4.91. The Hall–Kier alpha value is -2.75. The number of nitrogens with zero attached hydrogens (tertiary/aromatic N) is 1. The molecule has 0 atom stereocenters. The van der Waals surface area contributed by atoms with Gasteiger partial charge in [-0.05, 0) is 36.6 Å². The maximum Gasteiger partial charge on any atom is 0.278 e. The molecule has 4 rings (SSSR count). The molecule has 0 saturated heterocycles. The first-order chi connectivity index (χ1) is 10.8. The van der Waals surface area contributed by atoms with Crippen LogP contribution >= 0.6 is 0 Å². The summed E-state index contributed by atoms with van der Waals surface area (Å²) in [4.78, 5) is 12.8. The minimum Gasteiger partial charge on any atom is -0.505 e. The van der Waals surface area contributed by atoms with Gasteiger partial charge in [0.1, 0.15) is 5.69 Å². The third-order valence-electron chi connectivity index (χ3n) is 4.21. The summed E-state index contributed by atoms with van der Waals surface area (Å²) in [6, 6.07) is 15.3. The van der Waals surface area contributed by atoms with E-state index in [-0.39, 0.29) is 17.0 Å². The molecule has 2 N–H and O–H groups in total. The molecule has 0 saturated carbocycles. The van der Waals surface area contributed by atoms with E-state index >= 15 is 0 Å². The van der Waals surface area contributed by atoms with E-state index in [1.165, 1.54) is 0 Å². The number of aromatic hydroxyl groups is 1. The van der Waals surface area contributed by atoms with Crippen LogP contribution in [0.25, 0.3) is 10.9 Å². The standard InChI is InChI=1S/C18H16N2O2/c21-17-14-10-4-6-12-7-5-11-20(16(12)14)18(22)15(17)19-13-8-2-1-3-9-13/h1-4,6,8-10,19,21H,5,7,11H2. The molecule has 0 unspecified atom stereocenters. The predicted molar refractivity (Wildman–Crippen MR) is 87.9 cm³/mol. The third-order valence-corrected chi connectivity index (χ3v) is 4.21. The number of hydrogen-bond donors (Lipinski definition) is 2. The van der Waals surface area contributed by atoms with Crippen molar-refractivity contribution in [2.24, 2.45) is 0 Å². The molecule has 1 aliphatic heterocycles. The van der Waals surface area contributed by atoms with Gasteiger partial charge in [0.25, 0.3) is 5.56 Å². The molecule has 22 heavy (non-hydrogen) atoms. The average molecular weight is 292 g/mol. The molecule has 1 aromatic heterocycles. The molecule has 110 valence electrons. The van der Waals surface area contributed by atoms with Gasteiger partial charge in [-0.1, -0.05) is 30.3 Å². The fraction of sp³-hybridized carbons (Fsp3) is 0.167. The highest BCUT2D eigenvalue weighted by molar-refractivity contribution is 5.93. The summed E-state index contributed by atoms with van der Waals surface area (Å²) in [5.41, 5.74) is 2.87.